The van der Waals surface area contributed by atoms with Crippen molar-refractivity contribution in [1.82, 2.24) is 5.32 Å². The minimum Gasteiger partial charge on any atom is -0.353 e. The van der Waals surface area contributed by atoms with Gasteiger partial charge in [-0.05, 0) is 32.2 Å². The summed E-state index contributed by atoms with van der Waals surface area (Å²) in [5, 5.41) is 3.03. The number of nitrogens with two attached hydrogens (primary N) is 1. The van der Waals surface area contributed by atoms with Crippen molar-refractivity contribution in [2.24, 2.45) is 11.7 Å². The molecule has 0 aromatic heterocycles. The van der Waals surface area contributed by atoms with Gasteiger partial charge in [0.25, 0.3) is 0 Å². The summed E-state index contributed by atoms with van der Waals surface area (Å²) >= 11 is 0. The molecule has 1 saturated carbocycles. The standard InChI is InChI=1S/C10H20N2O/c1-2-3-8(6-7-11)10(13)12-9-4-5-9/h8-9H,2-7,11H2,1H3,(H,12,13). The number of hydrogen-bond donors (Lipinski definition) is 2. The Kier molecular flexibility index (Phi) is 4.22. The highest BCUT2D eigenvalue weighted by Gasteiger charge is 2.26. The van der Waals surface area contributed by atoms with E-state index in [1.54, 1.807) is 0 Å². The minimum atomic E-state index is 0.149. The zero-order chi connectivity index (χ0) is 9.68. The third-order valence-corrected chi connectivity index (χ3v) is 2.45. The van der Waals surface area contributed by atoms with Crippen LogP contribution in [0, 0.1) is 5.92 Å². The number of hydrogen-bond acceptors (Lipinski definition) is 2. The molecule has 1 unspecified atom stereocenters. The van der Waals surface area contributed by atoms with Crippen LogP contribution in [0.15, 0.2) is 0 Å². The van der Waals surface area contributed by atoms with E-state index >= 15 is 0 Å². The Labute approximate surface area is 80.1 Å². The second-order valence-electron chi connectivity index (χ2n) is 3.85. The van der Waals surface area contributed by atoms with E-state index in [2.05, 4.69) is 12.2 Å². The number of nitrogens with one attached hydrogen (secondary N) is 1. The van der Waals surface area contributed by atoms with Gasteiger partial charge >= 0.3 is 0 Å². The highest BCUT2D eigenvalue weighted by Crippen LogP contribution is 2.20. The molecule has 1 aliphatic rings. The lowest BCUT2D eigenvalue weighted by Gasteiger charge is -2.14. The molecule has 3 nitrogen and oxygen atoms in total. The first-order valence-corrected chi connectivity index (χ1v) is 5.28. The van der Waals surface area contributed by atoms with Gasteiger partial charge in [0.2, 0.25) is 5.91 Å². The molecule has 1 fully saturated rings. The maximum absolute atomic E-state index is 11.6. The molecular formula is C10H20N2O. The van der Waals surface area contributed by atoms with E-state index in [-0.39, 0.29) is 11.8 Å². The highest BCUT2D eigenvalue weighted by molar-refractivity contribution is 5.79. The first-order chi connectivity index (χ1) is 6.27. The van der Waals surface area contributed by atoms with Crippen molar-refractivity contribution in [1.29, 1.82) is 0 Å². The summed E-state index contributed by atoms with van der Waals surface area (Å²) in [5.74, 6) is 0.366. The number of amides is 1. The average Bonchev–Trinajstić information content (AvgIpc) is 2.88. The SMILES string of the molecule is CCCC(CCN)C(=O)NC1CC1. The van der Waals surface area contributed by atoms with Crippen LogP contribution in [0.1, 0.15) is 39.0 Å². The Morgan fingerprint density at radius 3 is 2.69 bits per heavy atom. The summed E-state index contributed by atoms with van der Waals surface area (Å²) in [5.41, 5.74) is 5.46. The van der Waals surface area contributed by atoms with Gasteiger partial charge in [0.1, 0.15) is 0 Å². The first-order valence-electron chi connectivity index (χ1n) is 5.28. The largest absolute Gasteiger partial charge is 0.353 e. The Morgan fingerprint density at radius 2 is 2.23 bits per heavy atom. The van der Waals surface area contributed by atoms with Crippen molar-refractivity contribution in [3.8, 4) is 0 Å². The van der Waals surface area contributed by atoms with Gasteiger partial charge in [-0.2, -0.15) is 0 Å². The zero-order valence-electron chi connectivity index (χ0n) is 8.38. The summed E-state index contributed by atoms with van der Waals surface area (Å²) in [6, 6.07) is 0.477. The van der Waals surface area contributed by atoms with Crippen LogP contribution in [-0.4, -0.2) is 18.5 Å². The lowest BCUT2D eigenvalue weighted by atomic mass is 9.99. The van der Waals surface area contributed by atoms with Gasteiger partial charge in [-0.15, -0.1) is 0 Å². The number of carbonyl (C=O) groups excluding carboxylic acids is 1. The monoisotopic (exact) mass is 184 g/mol. The third-order valence-electron chi connectivity index (χ3n) is 2.45. The predicted octanol–water partition coefficient (Wildman–Crippen LogP) is 1.03. The Bertz CT molecular complexity index is 160. The molecule has 0 aromatic rings. The molecule has 0 aliphatic heterocycles. The molecule has 0 bridgehead atoms. The fraction of sp³-hybridized carbons (Fsp3) is 0.900. The summed E-state index contributed by atoms with van der Waals surface area (Å²) in [4.78, 5) is 11.6. The van der Waals surface area contributed by atoms with Gasteiger partial charge in [0.15, 0.2) is 0 Å². The van der Waals surface area contributed by atoms with Crippen LogP contribution in [-0.2, 0) is 4.79 Å². The molecule has 1 aliphatic carbocycles. The van der Waals surface area contributed by atoms with Crippen LogP contribution in [0.5, 0.6) is 0 Å². The topological polar surface area (TPSA) is 55.1 Å². The smallest absolute Gasteiger partial charge is 0.223 e. The van der Waals surface area contributed by atoms with E-state index in [1.165, 1.54) is 0 Å². The van der Waals surface area contributed by atoms with Gasteiger partial charge in [-0.25, -0.2) is 0 Å². The van der Waals surface area contributed by atoms with E-state index in [4.69, 9.17) is 5.73 Å². The molecule has 0 saturated heterocycles. The average molecular weight is 184 g/mol. The van der Waals surface area contributed by atoms with E-state index in [9.17, 15) is 4.79 Å². The van der Waals surface area contributed by atoms with Gasteiger partial charge in [-0.3, -0.25) is 4.79 Å². The molecule has 76 valence electrons. The molecule has 0 spiro atoms. The van der Waals surface area contributed by atoms with Crippen LogP contribution < -0.4 is 11.1 Å². The Hall–Kier alpha value is -0.570. The van der Waals surface area contributed by atoms with Crippen LogP contribution in [0.25, 0.3) is 0 Å². The highest BCUT2D eigenvalue weighted by atomic mass is 16.2. The lowest BCUT2D eigenvalue weighted by Crippen LogP contribution is -2.33. The maximum Gasteiger partial charge on any atom is 0.223 e. The van der Waals surface area contributed by atoms with Crippen molar-refractivity contribution >= 4 is 5.91 Å². The van der Waals surface area contributed by atoms with Crippen LogP contribution in [0.3, 0.4) is 0 Å². The second kappa shape index (κ2) is 5.22. The summed E-state index contributed by atoms with van der Waals surface area (Å²) in [6.45, 7) is 2.72. The normalized spacial score (nSPS) is 18.3. The van der Waals surface area contributed by atoms with Crippen LogP contribution >= 0.6 is 0 Å². The molecule has 3 N–H and O–H groups in total. The second-order valence-corrected chi connectivity index (χ2v) is 3.85. The fourth-order valence-corrected chi connectivity index (χ4v) is 1.50. The van der Waals surface area contributed by atoms with Crippen LogP contribution in [0.4, 0.5) is 0 Å². The lowest BCUT2D eigenvalue weighted by molar-refractivity contribution is -0.125. The van der Waals surface area contributed by atoms with Crippen molar-refractivity contribution in [2.45, 2.75) is 45.1 Å². The van der Waals surface area contributed by atoms with Crippen molar-refractivity contribution in [2.75, 3.05) is 6.54 Å². The van der Waals surface area contributed by atoms with E-state index in [1.807, 2.05) is 0 Å². The summed E-state index contributed by atoms with van der Waals surface area (Å²) in [7, 11) is 0. The Morgan fingerprint density at radius 1 is 1.54 bits per heavy atom. The molecule has 1 rings (SSSR count). The quantitative estimate of drug-likeness (QED) is 0.648. The van der Waals surface area contributed by atoms with Crippen molar-refractivity contribution in [3.05, 3.63) is 0 Å². The molecule has 0 heterocycles. The van der Waals surface area contributed by atoms with Gasteiger partial charge in [0, 0.05) is 12.0 Å². The minimum absolute atomic E-state index is 0.149. The van der Waals surface area contributed by atoms with Gasteiger partial charge in [0.05, 0.1) is 0 Å². The van der Waals surface area contributed by atoms with E-state index in [0.29, 0.717) is 12.6 Å². The number of carbonyl (C=O) groups is 1. The molecule has 3 heteroatoms. The maximum atomic E-state index is 11.6. The molecular weight excluding hydrogens is 164 g/mol. The van der Waals surface area contributed by atoms with E-state index in [0.717, 1.165) is 32.1 Å². The van der Waals surface area contributed by atoms with Crippen LogP contribution in [0.2, 0.25) is 0 Å². The molecule has 1 amide bonds. The summed E-state index contributed by atoms with van der Waals surface area (Å²) < 4.78 is 0. The molecule has 13 heavy (non-hydrogen) atoms. The number of rotatable bonds is 6. The first kappa shape index (κ1) is 10.5. The summed E-state index contributed by atoms with van der Waals surface area (Å²) in [6.07, 6.45) is 5.17. The van der Waals surface area contributed by atoms with Gasteiger partial charge in [-0.1, -0.05) is 13.3 Å². The molecule has 0 aromatic carbocycles. The zero-order valence-corrected chi connectivity index (χ0v) is 8.38. The fourth-order valence-electron chi connectivity index (χ4n) is 1.50. The van der Waals surface area contributed by atoms with E-state index < -0.39 is 0 Å². The van der Waals surface area contributed by atoms with Crippen molar-refractivity contribution < 1.29 is 4.79 Å². The van der Waals surface area contributed by atoms with Crippen molar-refractivity contribution in [3.63, 3.8) is 0 Å². The Balaban J connectivity index is 2.27. The van der Waals surface area contributed by atoms with Gasteiger partial charge < -0.3 is 11.1 Å². The molecule has 0 radical (unpaired) electrons. The molecule has 1 atom stereocenters. The predicted molar refractivity (Wildman–Crippen MR) is 53.2 cm³/mol. The third kappa shape index (κ3) is 3.77.